The Kier molecular flexibility index (Phi) is 3.12. The normalized spacial score (nSPS) is 14.4. The van der Waals surface area contributed by atoms with Crippen molar-refractivity contribution in [1.82, 2.24) is 5.43 Å². The first kappa shape index (κ1) is 8.63. The summed E-state index contributed by atoms with van der Waals surface area (Å²) < 4.78 is 0. The molecule has 0 bridgehead atoms. The van der Waals surface area contributed by atoms with Crippen molar-refractivity contribution in [1.29, 1.82) is 0 Å². The quantitative estimate of drug-likeness (QED) is 0.188. The number of hydrazine groups is 1. The molecular formula is C3H9N5O2. The van der Waals surface area contributed by atoms with Gasteiger partial charge in [0.15, 0.2) is 5.03 Å². The highest BCUT2D eigenvalue weighted by Gasteiger charge is 1.98. The lowest BCUT2D eigenvalue weighted by atomic mass is 10.6. The number of guanidine groups is 1. The van der Waals surface area contributed by atoms with E-state index in [1.165, 1.54) is 0 Å². The molecule has 58 valence electrons. The van der Waals surface area contributed by atoms with Gasteiger partial charge in [0, 0.05) is 0 Å². The number of hydrogen-bond donors (Lipinski definition) is 3. The molecule has 0 aromatic heterocycles. The zero-order chi connectivity index (χ0) is 8.15. The third-order valence-corrected chi connectivity index (χ3v) is 0.549. The molecule has 0 spiro atoms. The Morgan fingerprint density at radius 1 is 1.90 bits per heavy atom. The summed E-state index contributed by atoms with van der Waals surface area (Å²) in [7, 11) is 0. The number of aliphatic imine (C=N–C) groups is 1. The van der Waals surface area contributed by atoms with Crippen LogP contribution in [0.2, 0.25) is 0 Å². The molecule has 0 rings (SSSR count). The molecule has 7 heteroatoms. The molecule has 0 saturated heterocycles. The molecule has 0 radical (unpaired) electrons. The molecule has 10 heavy (non-hydrogen) atoms. The van der Waals surface area contributed by atoms with Crippen LogP contribution in [-0.2, 0) is 0 Å². The van der Waals surface area contributed by atoms with Crippen molar-refractivity contribution in [2.24, 2.45) is 16.5 Å². The van der Waals surface area contributed by atoms with Gasteiger partial charge in [0.05, 0.1) is 6.17 Å². The summed E-state index contributed by atoms with van der Waals surface area (Å²) >= 11 is 0. The van der Waals surface area contributed by atoms with Crippen molar-refractivity contribution in [3.05, 3.63) is 10.1 Å². The minimum Gasteiger partial charge on any atom is -0.365 e. The highest BCUT2D eigenvalue weighted by atomic mass is 16.7. The van der Waals surface area contributed by atoms with Crippen molar-refractivity contribution in [3.63, 3.8) is 0 Å². The van der Waals surface area contributed by atoms with Crippen molar-refractivity contribution in [3.8, 4) is 0 Å². The fraction of sp³-hybridized carbons (Fsp3) is 0.667. The zero-order valence-electron chi connectivity index (χ0n) is 5.44. The average molecular weight is 147 g/mol. The van der Waals surface area contributed by atoms with E-state index >= 15 is 0 Å². The number of nitrogens with two attached hydrogens (primary N) is 2. The standard InChI is InChI=1S/C3H9N5O2/c1-2(4)6-3(5)7-8(9)10/h2H,4H2,1H3,(H3,5,6,7). The summed E-state index contributed by atoms with van der Waals surface area (Å²) in [6, 6.07) is 0. The molecule has 1 atom stereocenters. The maximum Gasteiger partial charge on any atom is 0.253 e. The van der Waals surface area contributed by atoms with Crippen LogP contribution < -0.4 is 16.9 Å². The Balaban J connectivity index is 3.82. The van der Waals surface area contributed by atoms with Gasteiger partial charge in [-0.25, -0.2) is 15.1 Å². The first-order valence-electron chi connectivity index (χ1n) is 2.52. The van der Waals surface area contributed by atoms with Gasteiger partial charge in [-0.1, -0.05) is 5.43 Å². The molecule has 0 aromatic rings. The Hall–Kier alpha value is -1.37. The van der Waals surface area contributed by atoms with E-state index in [2.05, 4.69) is 4.99 Å². The highest BCUT2D eigenvalue weighted by molar-refractivity contribution is 5.76. The minimum atomic E-state index is -0.804. The molecule has 5 N–H and O–H groups in total. The maximum absolute atomic E-state index is 9.68. The Bertz CT molecular complexity index is 153. The molecule has 0 amide bonds. The number of nitro groups is 1. The predicted molar refractivity (Wildman–Crippen MR) is 35.4 cm³/mol. The molecule has 7 nitrogen and oxygen atoms in total. The van der Waals surface area contributed by atoms with E-state index in [-0.39, 0.29) is 5.96 Å². The molecule has 0 aliphatic carbocycles. The van der Waals surface area contributed by atoms with E-state index in [0.29, 0.717) is 0 Å². The summed E-state index contributed by atoms with van der Waals surface area (Å²) in [5.74, 6) is -0.292. The molecule has 0 aliphatic rings. The molecule has 0 saturated carbocycles. The number of nitrogens with one attached hydrogen (secondary N) is 1. The van der Waals surface area contributed by atoms with Crippen LogP contribution in [0.4, 0.5) is 0 Å². The van der Waals surface area contributed by atoms with Gasteiger partial charge >= 0.3 is 0 Å². The van der Waals surface area contributed by atoms with Crippen LogP contribution in [0.3, 0.4) is 0 Å². The third-order valence-electron chi connectivity index (χ3n) is 0.549. The SMILES string of the molecule is CC(N)/N=C(/N)N[N+](=O)[O-]. The molecule has 0 aromatic carbocycles. The number of hydrogen-bond acceptors (Lipinski definition) is 4. The Morgan fingerprint density at radius 3 is 2.70 bits per heavy atom. The summed E-state index contributed by atoms with van der Waals surface area (Å²) in [6.45, 7) is 1.55. The van der Waals surface area contributed by atoms with E-state index in [1.807, 2.05) is 0 Å². The molecule has 1 unspecified atom stereocenters. The van der Waals surface area contributed by atoms with Crippen LogP contribution in [0.25, 0.3) is 0 Å². The maximum atomic E-state index is 9.68. The number of rotatable bonds is 2. The van der Waals surface area contributed by atoms with Crippen LogP contribution in [-0.4, -0.2) is 17.2 Å². The van der Waals surface area contributed by atoms with Crippen LogP contribution in [0, 0.1) is 10.1 Å². The third kappa shape index (κ3) is 4.78. The summed E-state index contributed by atoms with van der Waals surface area (Å²) in [4.78, 5) is 13.1. The summed E-state index contributed by atoms with van der Waals surface area (Å²) in [6.07, 6.45) is -0.535. The van der Waals surface area contributed by atoms with E-state index in [0.717, 1.165) is 0 Å². The monoisotopic (exact) mass is 147 g/mol. The minimum absolute atomic E-state index is 0.292. The molecule has 0 aliphatic heterocycles. The van der Waals surface area contributed by atoms with Gasteiger partial charge in [0.1, 0.15) is 0 Å². The van der Waals surface area contributed by atoms with Gasteiger partial charge in [-0.15, -0.1) is 0 Å². The van der Waals surface area contributed by atoms with Gasteiger partial charge in [0.2, 0.25) is 0 Å². The van der Waals surface area contributed by atoms with E-state index in [9.17, 15) is 10.1 Å². The zero-order valence-corrected chi connectivity index (χ0v) is 5.44. The second kappa shape index (κ2) is 3.62. The largest absolute Gasteiger partial charge is 0.365 e. The molecular weight excluding hydrogens is 138 g/mol. The van der Waals surface area contributed by atoms with E-state index in [4.69, 9.17) is 11.5 Å². The second-order valence-electron chi connectivity index (χ2n) is 1.62. The lowest BCUT2D eigenvalue weighted by Gasteiger charge is -1.97. The lowest BCUT2D eigenvalue weighted by molar-refractivity contribution is -0.525. The van der Waals surface area contributed by atoms with Gasteiger partial charge in [-0.3, -0.25) is 0 Å². The first-order chi connectivity index (χ1) is 4.52. The average Bonchev–Trinajstić information content (AvgIpc) is 1.58. The topological polar surface area (TPSA) is 120 Å². The first-order valence-corrected chi connectivity index (χ1v) is 2.52. The van der Waals surface area contributed by atoms with E-state index < -0.39 is 11.2 Å². The fourth-order valence-electron chi connectivity index (χ4n) is 0.342. The Morgan fingerprint density at radius 2 is 2.40 bits per heavy atom. The fourth-order valence-corrected chi connectivity index (χ4v) is 0.342. The van der Waals surface area contributed by atoms with Gasteiger partial charge < -0.3 is 11.5 Å². The lowest BCUT2D eigenvalue weighted by Crippen LogP contribution is -2.37. The van der Waals surface area contributed by atoms with Gasteiger partial charge in [-0.05, 0) is 6.92 Å². The van der Waals surface area contributed by atoms with E-state index in [1.54, 1.807) is 12.3 Å². The number of nitrogens with zero attached hydrogens (tertiary/aromatic N) is 2. The molecule has 0 heterocycles. The second-order valence-corrected chi connectivity index (χ2v) is 1.62. The van der Waals surface area contributed by atoms with Crippen molar-refractivity contribution in [2.45, 2.75) is 13.1 Å². The smallest absolute Gasteiger partial charge is 0.253 e. The molecule has 0 fully saturated rings. The van der Waals surface area contributed by atoms with Crippen LogP contribution >= 0.6 is 0 Å². The van der Waals surface area contributed by atoms with Crippen LogP contribution in [0.1, 0.15) is 6.92 Å². The van der Waals surface area contributed by atoms with Gasteiger partial charge in [-0.2, -0.15) is 0 Å². The summed E-state index contributed by atoms with van der Waals surface area (Å²) in [5.41, 5.74) is 11.8. The van der Waals surface area contributed by atoms with Crippen molar-refractivity contribution in [2.75, 3.05) is 0 Å². The van der Waals surface area contributed by atoms with Crippen LogP contribution in [0.5, 0.6) is 0 Å². The summed E-state index contributed by atoms with van der Waals surface area (Å²) in [5, 5.41) is 8.88. The highest BCUT2D eigenvalue weighted by Crippen LogP contribution is 1.74. The van der Waals surface area contributed by atoms with Crippen molar-refractivity contribution < 1.29 is 5.03 Å². The van der Waals surface area contributed by atoms with Crippen LogP contribution in [0.15, 0.2) is 4.99 Å². The van der Waals surface area contributed by atoms with Crippen molar-refractivity contribution >= 4 is 5.96 Å². The van der Waals surface area contributed by atoms with Gasteiger partial charge in [0.25, 0.3) is 5.96 Å². The Labute approximate surface area is 57.2 Å². The predicted octanol–water partition coefficient (Wildman–Crippen LogP) is -1.61.